The van der Waals surface area contributed by atoms with E-state index in [-0.39, 0.29) is 22.1 Å². The first-order valence-corrected chi connectivity index (χ1v) is 10.7. The number of nitrogens with zero attached hydrogens (tertiary/aromatic N) is 4. The Kier molecular flexibility index (Phi) is 7.78. The number of carbonyl (C=O) groups excluding carboxylic acids is 1. The molecule has 1 aromatic heterocycles. The zero-order chi connectivity index (χ0) is 24.0. The van der Waals surface area contributed by atoms with E-state index >= 15 is 4.39 Å². The lowest BCUT2D eigenvalue weighted by atomic mass is 10.1. The van der Waals surface area contributed by atoms with E-state index in [4.69, 9.17) is 14.0 Å². The highest BCUT2D eigenvalue weighted by Crippen LogP contribution is 2.32. The molecule has 0 saturated carbocycles. The number of rotatable bonds is 6. The van der Waals surface area contributed by atoms with Gasteiger partial charge in [0.2, 0.25) is 11.7 Å². The molecule has 33 heavy (non-hydrogen) atoms. The number of carbonyl (C=O) groups is 1. The molecule has 0 fully saturated rings. The number of thioether (sulfide) groups is 1. The molecule has 1 heterocycles. The first-order valence-electron chi connectivity index (χ1n) is 9.52. The number of hydrogen-bond acceptors (Lipinski definition) is 9. The average molecular weight is 472 g/mol. The average Bonchev–Trinajstić information content (AvgIpc) is 3.27. The van der Waals surface area contributed by atoms with Crippen LogP contribution in [0, 0.1) is 12.7 Å². The Labute approximate surface area is 193 Å². The van der Waals surface area contributed by atoms with Crippen molar-refractivity contribution in [3.8, 4) is 22.9 Å². The Balaban J connectivity index is 2.14. The number of ether oxygens (including phenoxy) is 3. The normalized spacial score (nSPS) is 11.9. The highest BCUT2D eigenvalue weighted by atomic mass is 32.2. The molecule has 0 atom stereocenters. The summed E-state index contributed by atoms with van der Waals surface area (Å²) in [7, 11) is 4.05. The van der Waals surface area contributed by atoms with Gasteiger partial charge in [0.05, 0.1) is 27.0 Å². The molecule has 0 unspecified atom stereocenters. The van der Waals surface area contributed by atoms with Crippen molar-refractivity contribution in [1.82, 2.24) is 10.1 Å². The van der Waals surface area contributed by atoms with Crippen LogP contribution in [0.3, 0.4) is 0 Å². The zero-order valence-corrected chi connectivity index (χ0v) is 19.4. The third kappa shape index (κ3) is 5.55. The fourth-order valence-electron chi connectivity index (χ4n) is 2.81. The van der Waals surface area contributed by atoms with Crippen LogP contribution in [0.5, 0.6) is 11.5 Å². The molecule has 172 valence electrons. The smallest absolute Gasteiger partial charge is 0.434 e. The van der Waals surface area contributed by atoms with Gasteiger partial charge >= 0.3 is 6.09 Å². The molecule has 0 aliphatic carbocycles. The Hall–Kier alpha value is -3.73. The van der Waals surface area contributed by atoms with E-state index in [0.717, 1.165) is 17.3 Å². The highest BCUT2D eigenvalue weighted by Gasteiger charge is 2.21. The Morgan fingerprint density at radius 1 is 1.09 bits per heavy atom. The number of amides is 1. The first-order chi connectivity index (χ1) is 15.9. The molecule has 3 aromatic rings. The van der Waals surface area contributed by atoms with Crippen LogP contribution in [0.1, 0.15) is 11.5 Å². The molecule has 0 aliphatic rings. The predicted molar refractivity (Wildman–Crippen MR) is 124 cm³/mol. The fraction of sp³-hybridized carbons (Fsp3) is 0.227. The standard InChI is InChI=1S/C22H21FN4O5S/c1-12-24-20(27-32-12)13-6-8-14(9-7-13)25-19(21(33-5)26-22(28)31-4)15-10-17(29-2)18(30-3)11-16(15)23/h6-11H,1-5H3/b25-19+,26-21-. The minimum atomic E-state index is -0.837. The summed E-state index contributed by atoms with van der Waals surface area (Å²) in [4.78, 5) is 24.5. The van der Waals surface area contributed by atoms with Crippen LogP contribution in [0.4, 0.5) is 14.9 Å². The van der Waals surface area contributed by atoms with Crippen molar-refractivity contribution < 1.29 is 27.9 Å². The molecule has 0 saturated heterocycles. The van der Waals surface area contributed by atoms with Gasteiger partial charge < -0.3 is 18.7 Å². The van der Waals surface area contributed by atoms with Gasteiger partial charge in [-0.1, -0.05) is 5.16 Å². The summed E-state index contributed by atoms with van der Waals surface area (Å²) >= 11 is 1.12. The summed E-state index contributed by atoms with van der Waals surface area (Å²) in [6.07, 6.45) is 0.855. The van der Waals surface area contributed by atoms with Crippen LogP contribution in [-0.2, 0) is 4.74 Å². The van der Waals surface area contributed by atoms with Crippen molar-refractivity contribution in [3.05, 3.63) is 53.7 Å². The second-order valence-corrected chi connectivity index (χ2v) is 7.22. The lowest BCUT2D eigenvalue weighted by Gasteiger charge is -2.13. The molecule has 11 heteroatoms. The molecule has 3 rings (SSSR count). The van der Waals surface area contributed by atoms with Gasteiger partial charge in [0.1, 0.15) is 16.6 Å². The van der Waals surface area contributed by atoms with E-state index in [0.29, 0.717) is 23.2 Å². The SMILES string of the molecule is COC(=O)/N=C(SC)/C(=N/c1ccc(-c2noc(C)n2)cc1)c1cc(OC)c(OC)cc1F. The Morgan fingerprint density at radius 2 is 1.76 bits per heavy atom. The van der Waals surface area contributed by atoms with E-state index in [1.165, 1.54) is 33.5 Å². The van der Waals surface area contributed by atoms with Crippen molar-refractivity contribution in [2.24, 2.45) is 9.98 Å². The molecular weight excluding hydrogens is 451 g/mol. The van der Waals surface area contributed by atoms with Crippen LogP contribution < -0.4 is 9.47 Å². The maximum Gasteiger partial charge on any atom is 0.434 e. The maximum absolute atomic E-state index is 15.1. The molecule has 2 aromatic carbocycles. The van der Waals surface area contributed by atoms with Crippen LogP contribution in [0.25, 0.3) is 11.4 Å². The monoisotopic (exact) mass is 472 g/mol. The lowest BCUT2D eigenvalue weighted by Crippen LogP contribution is -2.16. The third-order valence-electron chi connectivity index (χ3n) is 4.39. The number of aryl methyl sites for hydroxylation is 1. The number of aliphatic imine (C=N–C) groups is 2. The number of methoxy groups -OCH3 is 3. The van der Waals surface area contributed by atoms with Gasteiger partial charge in [-0.2, -0.15) is 9.98 Å². The molecule has 0 aliphatic heterocycles. The van der Waals surface area contributed by atoms with Crippen LogP contribution in [0.2, 0.25) is 0 Å². The molecule has 0 N–H and O–H groups in total. The maximum atomic E-state index is 15.1. The molecule has 0 radical (unpaired) electrons. The largest absolute Gasteiger partial charge is 0.493 e. The van der Waals surface area contributed by atoms with Crippen LogP contribution in [0.15, 0.2) is 50.9 Å². The van der Waals surface area contributed by atoms with Crippen LogP contribution in [-0.4, -0.2) is 54.6 Å². The third-order valence-corrected chi connectivity index (χ3v) is 5.06. The Morgan fingerprint density at radius 3 is 2.30 bits per heavy atom. The zero-order valence-electron chi connectivity index (χ0n) is 18.6. The first kappa shape index (κ1) is 23.9. The van der Waals surface area contributed by atoms with Gasteiger partial charge in [-0.05, 0) is 36.6 Å². The summed E-state index contributed by atoms with van der Waals surface area (Å²) in [5.41, 5.74) is 1.39. The van der Waals surface area contributed by atoms with E-state index in [9.17, 15) is 4.79 Å². The van der Waals surface area contributed by atoms with Gasteiger partial charge in [-0.25, -0.2) is 14.2 Å². The van der Waals surface area contributed by atoms with E-state index in [2.05, 4.69) is 24.9 Å². The number of halogens is 1. The molecule has 9 nitrogen and oxygen atoms in total. The van der Waals surface area contributed by atoms with Crippen molar-refractivity contribution in [1.29, 1.82) is 0 Å². The minimum Gasteiger partial charge on any atom is -0.493 e. The predicted octanol–water partition coefficient (Wildman–Crippen LogP) is 4.85. The summed E-state index contributed by atoms with van der Waals surface area (Å²) in [6, 6.07) is 9.53. The highest BCUT2D eigenvalue weighted by molar-refractivity contribution is 8.15. The molecule has 1 amide bonds. The van der Waals surface area contributed by atoms with Crippen LogP contribution >= 0.6 is 11.8 Å². The molecule has 0 spiro atoms. The van der Waals surface area contributed by atoms with E-state index < -0.39 is 11.9 Å². The van der Waals surface area contributed by atoms with Gasteiger partial charge in [0.25, 0.3) is 0 Å². The van der Waals surface area contributed by atoms with Gasteiger partial charge in [-0.15, -0.1) is 11.8 Å². The van der Waals surface area contributed by atoms with Crippen molar-refractivity contribution in [2.75, 3.05) is 27.6 Å². The van der Waals surface area contributed by atoms with Gasteiger partial charge in [0.15, 0.2) is 11.5 Å². The van der Waals surface area contributed by atoms with E-state index in [1.54, 1.807) is 37.4 Å². The molecular formula is C22H21FN4O5S. The number of benzene rings is 2. The van der Waals surface area contributed by atoms with E-state index in [1.807, 2.05) is 0 Å². The summed E-state index contributed by atoms with van der Waals surface area (Å²) < 4.78 is 35.2. The topological polar surface area (TPSA) is 108 Å². The lowest BCUT2D eigenvalue weighted by molar-refractivity contribution is 0.183. The summed E-state index contributed by atoms with van der Waals surface area (Å²) in [5, 5.41) is 4.04. The number of aromatic nitrogens is 2. The van der Waals surface area contributed by atoms with Crippen molar-refractivity contribution in [3.63, 3.8) is 0 Å². The Bertz CT molecular complexity index is 1210. The summed E-state index contributed by atoms with van der Waals surface area (Å²) in [6.45, 7) is 1.70. The molecule has 0 bridgehead atoms. The van der Waals surface area contributed by atoms with Gasteiger partial charge in [0, 0.05) is 24.1 Å². The summed E-state index contributed by atoms with van der Waals surface area (Å²) in [5.74, 6) is 0.765. The fourth-order valence-corrected chi connectivity index (χ4v) is 3.33. The second kappa shape index (κ2) is 10.7. The van der Waals surface area contributed by atoms with Gasteiger partial charge in [-0.3, -0.25) is 0 Å². The second-order valence-electron chi connectivity index (χ2n) is 6.42. The van der Waals surface area contributed by atoms with Crippen molar-refractivity contribution in [2.45, 2.75) is 6.92 Å². The van der Waals surface area contributed by atoms with Crippen molar-refractivity contribution >= 4 is 34.3 Å². The quantitative estimate of drug-likeness (QED) is 0.370. The number of hydrogen-bond donors (Lipinski definition) is 0. The minimum absolute atomic E-state index is 0.0718.